The van der Waals surface area contributed by atoms with Crippen LogP contribution in [0, 0.1) is 0 Å². The molecule has 2 rings (SSSR count). The van der Waals surface area contributed by atoms with Gasteiger partial charge in [0.05, 0.1) is 12.1 Å². The van der Waals surface area contributed by atoms with Crippen LogP contribution in [0.1, 0.15) is 0 Å². The van der Waals surface area contributed by atoms with E-state index in [1.54, 1.807) is 0 Å². The van der Waals surface area contributed by atoms with Crippen molar-refractivity contribution in [1.29, 1.82) is 0 Å². The van der Waals surface area contributed by atoms with Gasteiger partial charge in [0.25, 0.3) is 0 Å². The van der Waals surface area contributed by atoms with Crippen molar-refractivity contribution in [1.82, 2.24) is 21.3 Å². The minimum Gasteiger partial charge on any atom is -0.313 e. The third-order valence-electron chi connectivity index (χ3n) is 2.77. The molecule has 0 bridgehead atoms. The zero-order valence-electron chi connectivity index (χ0n) is 9.12. The van der Waals surface area contributed by atoms with Gasteiger partial charge in [0.1, 0.15) is 0 Å². The Balaban J connectivity index is 0.00000112. The van der Waals surface area contributed by atoms with Gasteiger partial charge in [-0.1, -0.05) is 0 Å². The monoisotopic (exact) mass is 270 g/mol. The first kappa shape index (κ1) is 16.1. The Morgan fingerprint density at radius 1 is 0.812 bits per heavy atom. The van der Waals surface area contributed by atoms with Crippen LogP contribution in [-0.4, -0.2) is 57.1 Å². The summed E-state index contributed by atoms with van der Waals surface area (Å²) in [6, 6.07) is -0.0256. The second-order valence-corrected chi connectivity index (χ2v) is 3.82. The average molecular weight is 271 g/mol. The van der Waals surface area contributed by atoms with Gasteiger partial charge in [0, 0.05) is 39.3 Å². The van der Waals surface area contributed by atoms with Gasteiger partial charge in [0.15, 0.2) is 5.78 Å². The van der Waals surface area contributed by atoms with Crippen LogP contribution in [0.4, 0.5) is 0 Å². The standard InChI is InChI=1S/C9H18N4O.2ClH/c14-9(7-5-10-1-3-12-7)8-6-11-2-4-13-8;;/h7-8,10-13H,1-6H2;2*1H. The van der Waals surface area contributed by atoms with Gasteiger partial charge in [-0.05, 0) is 0 Å². The van der Waals surface area contributed by atoms with Crippen LogP contribution >= 0.6 is 24.8 Å². The predicted molar refractivity (Wildman–Crippen MR) is 68.8 cm³/mol. The third kappa shape index (κ3) is 4.16. The van der Waals surface area contributed by atoms with Crippen molar-refractivity contribution < 1.29 is 4.79 Å². The number of ketones is 1. The van der Waals surface area contributed by atoms with Crippen molar-refractivity contribution in [3.05, 3.63) is 0 Å². The van der Waals surface area contributed by atoms with Gasteiger partial charge in [-0.15, -0.1) is 24.8 Å². The molecule has 0 aromatic rings. The SMILES string of the molecule is Cl.Cl.O=C(C1CNCCN1)C1CNCCN1. The Bertz CT molecular complexity index is 186. The maximum atomic E-state index is 11.9. The number of halogens is 2. The fraction of sp³-hybridized carbons (Fsp3) is 0.889. The van der Waals surface area contributed by atoms with E-state index in [0.717, 1.165) is 39.3 Å². The molecule has 0 radical (unpaired) electrons. The smallest absolute Gasteiger partial charge is 0.169 e. The quantitative estimate of drug-likeness (QED) is 0.493. The lowest BCUT2D eigenvalue weighted by Crippen LogP contribution is -2.61. The number of carbonyl (C=O) groups excluding carboxylic acids is 1. The van der Waals surface area contributed by atoms with Crippen LogP contribution in [-0.2, 0) is 4.79 Å². The minimum absolute atomic E-state index is 0. The van der Waals surface area contributed by atoms with Crippen molar-refractivity contribution in [2.45, 2.75) is 12.1 Å². The van der Waals surface area contributed by atoms with Crippen molar-refractivity contribution in [3.8, 4) is 0 Å². The van der Waals surface area contributed by atoms with Gasteiger partial charge in [-0.2, -0.15) is 0 Å². The predicted octanol–water partition coefficient (Wildman–Crippen LogP) is -1.48. The van der Waals surface area contributed by atoms with E-state index in [4.69, 9.17) is 0 Å². The molecule has 96 valence electrons. The summed E-state index contributed by atoms with van der Waals surface area (Å²) in [6.07, 6.45) is 0. The molecule has 2 unspecified atom stereocenters. The number of hydrogen-bond donors (Lipinski definition) is 4. The van der Waals surface area contributed by atoms with E-state index in [-0.39, 0.29) is 42.7 Å². The summed E-state index contributed by atoms with van der Waals surface area (Å²) in [7, 11) is 0. The molecular formula is C9H20Cl2N4O. The highest BCUT2D eigenvalue weighted by Gasteiger charge is 2.28. The van der Waals surface area contributed by atoms with Gasteiger partial charge < -0.3 is 21.3 Å². The third-order valence-corrected chi connectivity index (χ3v) is 2.77. The molecule has 16 heavy (non-hydrogen) atoms. The number of piperazine rings is 2. The molecule has 7 heteroatoms. The maximum Gasteiger partial charge on any atom is 0.169 e. The highest BCUT2D eigenvalue weighted by atomic mass is 35.5. The topological polar surface area (TPSA) is 65.2 Å². The van der Waals surface area contributed by atoms with Gasteiger partial charge in [0.2, 0.25) is 0 Å². The van der Waals surface area contributed by atoms with Crippen LogP contribution in [0.15, 0.2) is 0 Å². The molecule has 0 amide bonds. The molecule has 2 aliphatic heterocycles. The summed E-state index contributed by atoms with van der Waals surface area (Å²) >= 11 is 0. The van der Waals surface area contributed by atoms with E-state index >= 15 is 0 Å². The molecule has 0 aromatic carbocycles. The molecule has 0 aromatic heterocycles. The molecule has 4 N–H and O–H groups in total. The summed E-state index contributed by atoms with van der Waals surface area (Å²) in [6.45, 7) is 5.21. The van der Waals surface area contributed by atoms with E-state index in [9.17, 15) is 4.79 Å². The largest absolute Gasteiger partial charge is 0.313 e. The number of carbonyl (C=O) groups is 1. The lowest BCUT2D eigenvalue weighted by Gasteiger charge is -2.30. The summed E-state index contributed by atoms with van der Waals surface area (Å²) in [5.41, 5.74) is 0. The number of hydrogen-bond acceptors (Lipinski definition) is 5. The molecule has 5 nitrogen and oxygen atoms in total. The Morgan fingerprint density at radius 2 is 1.25 bits per heavy atom. The van der Waals surface area contributed by atoms with E-state index in [0.29, 0.717) is 0 Å². The average Bonchev–Trinajstić information content (AvgIpc) is 2.30. The van der Waals surface area contributed by atoms with Gasteiger partial charge in [-0.3, -0.25) is 4.79 Å². The first-order chi connectivity index (χ1) is 6.88. The Labute approximate surface area is 108 Å². The Kier molecular flexibility index (Phi) is 8.27. The molecule has 2 atom stereocenters. The van der Waals surface area contributed by atoms with Crippen LogP contribution in [0.25, 0.3) is 0 Å². The van der Waals surface area contributed by atoms with Crippen molar-refractivity contribution in [2.75, 3.05) is 39.3 Å². The molecule has 2 saturated heterocycles. The number of Topliss-reactive ketones (excluding diaryl/α,β-unsaturated/α-hetero) is 1. The maximum absolute atomic E-state index is 11.9. The molecule has 2 heterocycles. The first-order valence-electron chi connectivity index (χ1n) is 5.30. The second kappa shape index (κ2) is 8.22. The summed E-state index contributed by atoms with van der Waals surface area (Å²) in [5.74, 6) is 0.282. The van der Waals surface area contributed by atoms with Crippen LogP contribution in [0.3, 0.4) is 0 Å². The van der Waals surface area contributed by atoms with Crippen molar-refractivity contribution in [3.63, 3.8) is 0 Å². The second-order valence-electron chi connectivity index (χ2n) is 3.82. The summed E-state index contributed by atoms with van der Waals surface area (Å²) in [4.78, 5) is 11.9. The van der Waals surface area contributed by atoms with Gasteiger partial charge >= 0.3 is 0 Å². The first-order valence-corrected chi connectivity index (χ1v) is 5.30. The van der Waals surface area contributed by atoms with E-state index in [2.05, 4.69) is 21.3 Å². The Hall–Kier alpha value is 0.0900. The van der Waals surface area contributed by atoms with Gasteiger partial charge in [-0.25, -0.2) is 0 Å². The Morgan fingerprint density at radius 3 is 1.56 bits per heavy atom. The van der Waals surface area contributed by atoms with Crippen LogP contribution < -0.4 is 21.3 Å². The number of nitrogens with one attached hydrogen (secondary N) is 4. The molecule has 2 fully saturated rings. The van der Waals surface area contributed by atoms with E-state index in [1.807, 2.05) is 0 Å². The van der Waals surface area contributed by atoms with Crippen LogP contribution in [0.5, 0.6) is 0 Å². The van der Waals surface area contributed by atoms with E-state index < -0.39 is 0 Å². The minimum atomic E-state index is -0.0128. The number of rotatable bonds is 2. The molecular weight excluding hydrogens is 251 g/mol. The molecule has 0 aliphatic carbocycles. The normalized spacial score (nSPS) is 29.8. The lowest BCUT2D eigenvalue weighted by atomic mass is 10.0. The molecule has 2 aliphatic rings. The zero-order chi connectivity index (χ0) is 9.80. The summed E-state index contributed by atoms with van der Waals surface area (Å²) in [5, 5.41) is 12.9. The highest BCUT2D eigenvalue weighted by Crippen LogP contribution is 1.97. The zero-order valence-corrected chi connectivity index (χ0v) is 10.8. The molecule has 0 spiro atoms. The highest BCUT2D eigenvalue weighted by molar-refractivity contribution is 5.89. The van der Waals surface area contributed by atoms with E-state index in [1.165, 1.54) is 0 Å². The lowest BCUT2D eigenvalue weighted by molar-refractivity contribution is -0.123. The fourth-order valence-corrected chi connectivity index (χ4v) is 1.95. The molecule has 0 saturated carbocycles. The summed E-state index contributed by atoms with van der Waals surface area (Å²) < 4.78 is 0. The van der Waals surface area contributed by atoms with Crippen LogP contribution in [0.2, 0.25) is 0 Å². The van der Waals surface area contributed by atoms with Crippen molar-refractivity contribution in [2.24, 2.45) is 0 Å². The fourth-order valence-electron chi connectivity index (χ4n) is 1.95. The van der Waals surface area contributed by atoms with Crippen molar-refractivity contribution >= 4 is 30.6 Å².